The normalized spacial score (nSPS) is 15.0. The first-order chi connectivity index (χ1) is 13.7. The van der Waals surface area contributed by atoms with E-state index >= 15 is 0 Å². The van der Waals surface area contributed by atoms with Gasteiger partial charge in [-0.05, 0) is 25.0 Å². The summed E-state index contributed by atoms with van der Waals surface area (Å²) in [6.07, 6.45) is 2.85. The maximum atomic E-state index is 5.41. The number of nitrogens with one attached hydrogen (secondary N) is 2. The average Bonchev–Trinajstić information content (AvgIpc) is 3.13. The number of thiazole rings is 1. The van der Waals surface area contributed by atoms with E-state index in [1.165, 1.54) is 16.0 Å². The highest BCUT2D eigenvalue weighted by atomic mass is 127. The van der Waals surface area contributed by atoms with Gasteiger partial charge in [-0.3, -0.25) is 4.90 Å². The Morgan fingerprint density at radius 3 is 2.55 bits per heavy atom. The van der Waals surface area contributed by atoms with Crippen LogP contribution in [0, 0.1) is 6.92 Å². The van der Waals surface area contributed by atoms with Gasteiger partial charge in [-0.2, -0.15) is 0 Å². The van der Waals surface area contributed by atoms with Gasteiger partial charge in [0.25, 0.3) is 0 Å². The van der Waals surface area contributed by atoms with Crippen LogP contribution in [0.15, 0.2) is 35.5 Å². The molecule has 0 unspecified atom stereocenters. The molecule has 29 heavy (non-hydrogen) atoms. The van der Waals surface area contributed by atoms with Gasteiger partial charge in [-0.25, -0.2) is 9.98 Å². The third-order valence-corrected chi connectivity index (χ3v) is 5.57. The minimum absolute atomic E-state index is 0. The van der Waals surface area contributed by atoms with E-state index in [4.69, 9.17) is 9.73 Å². The third-order valence-electron chi connectivity index (χ3n) is 4.60. The van der Waals surface area contributed by atoms with Crippen molar-refractivity contribution in [2.75, 3.05) is 39.4 Å². The number of guanidine groups is 1. The van der Waals surface area contributed by atoms with E-state index in [2.05, 4.69) is 58.6 Å². The predicted molar refractivity (Wildman–Crippen MR) is 131 cm³/mol. The fourth-order valence-electron chi connectivity index (χ4n) is 3.08. The van der Waals surface area contributed by atoms with Crippen molar-refractivity contribution in [3.05, 3.63) is 51.5 Å². The van der Waals surface area contributed by atoms with Crippen molar-refractivity contribution in [2.45, 2.75) is 33.4 Å². The van der Waals surface area contributed by atoms with E-state index in [9.17, 15) is 0 Å². The van der Waals surface area contributed by atoms with Crippen molar-refractivity contribution in [2.24, 2.45) is 4.99 Å². The second-order valence-corrected chi connectivity index (χ2v) is 8.26. The number of aryl methyl sites for hydroxylation is 1. The number of morpholine rings is 1. The standard InChI is InChI=1S/C21H31N5OS.HI/c1-3-22-21(23-9-8-20-24-14-17(2)28-20)25-15-18-4-6-19(7-5-18)16-26-10-12-27-13-11-26;/h4-7,14H,3,8-13,15-16H2,1-2H3,(H2,22,23,25);1H. The summed E-state index contributed by atoms with van der Waals surface area (Å²) in [7, 11) is 0. The van der Waals surface area contributed by atoms with Crippen LogP contribution in [0.2, 0.25) is 0 Å². The van der Waals surface area contributed by atoms with E-state index in [1.54, 1.807) is 11.3 Å². The number of rotatable bonds is 8. The number of hydrogen-bond donors (Lipinski definition) is 2. The lowest BCUT2D eigenvalue weighted by Crippen LogP contribution is -2.38. The van der Waals surface area contributed by atoms with E-state index in [0.29, 0.717) is 6.54 Å². The fraction of sp³-hybridized carbons (Fsp3) is 0.524. The first-order valence-electron chi connectivity index (χ1n) is 10.0. The molecule has 0 atom stereocenters. The first kappa shape index (κ1) is 24.0. The van der Waals surface area contributed by atoms with Crippen LogP contribution in [0.3, 0.4) is 0 Å². The lowest BCUT2D eigenvalue weighted by molar-refractivity contribution is 0.0342. The van der Waals surface area contributed by atoms with E-state index in [-0.39, 0.29) is 24.0 Å². The molecule has 0 saturated carbocycles. The minimum Gasteiger partial charge on any atom is -0.379 e. The maximum absolute atomic E-state index is 5.41. The van der Waals surface area contributed by atoms with Gasteiger partial charge in [0, 0.05) is 50.2 Å². The summed E-state index contributed by atoms with van der Waals surface area (Å²) in [5.41, 5.74) is 2.57. The minimum atomic E-state index is 0. The molecule has 0 bridgehead atoms. The molecule has 0 radical (unpaired) electrons. The molecule has 160 valence electrons. The smallest absolute Gasteiger partial charge is 0.191 e. The summed E-state index contributed by atoms with van der Waals surface area (Å²) in [4.78, 5) is 12.8. The Kier molecular flexibility index (Phi) is 10.9. The van der Waals surface area contributed by atoms with E-state index in [0.717, 1.165) is 63.3 Å². The van der Waals surface area contributed by atoms with Crippen molar-refractivity contribution < 1.29 is 4.74 Å². The predicted octanol–water partition coefficient (Wildman–Crippen LogP) is 3.20. The molecule has 1 fully saturated rings. The second kappa shape index (κ2) is 13.1. The maximum Gasteiger partial charge on any atom is 0.191 e. The number of hydrogen-bond acceptors (Lipinski definition) is 5. The number of halogens is 1. The summed E-state index contributed by atoms with van der Waals surface area (Å²) < 4.78 is 5.41. The summed E-state index contributed by atoms with van der Waals surface area (Å²) in [5, 5.41) is 7.88. The van der Waals surface area contributed by atoms with E-state index < -0.39 is 0 Å². The Bertz CT molecular complexity index is 744. The molecule has 0 amide bonds. The Morgan fingerprint density at radius 1 is 1.17 bits per heavy atom. The van der Waals surface area contributed by atoms with Crippen LogP contribution in [-0.2, 0) is 24.2 Å². The molecule has 6 nitrogen and oxygen atoms in total. The lowest BCUT2D eigenvalue weighted by atomic mass is 10.1. The Morgan fingerprint density at radius 2 is 1.90 bits per heavy atom. The molecule has 3 rings (SSSR count). The Balaban J connectivity index is 0.00000300. The number of ether oxygens (including phenoxy) is 1. The summed E-state index contributed by atoms with van der Waals surface area (Å²) in [6, 6.07) is 8.79. The summed E-state index contributed by atoms with van der Waals surface area (Å²) >= 11 is 1.75. The van der Waals surface area contributed by atoms with Crippen LogP contribution < -0.4 is 10.6 Å². The van der Waals surface area contributed by atoms with Crippen LogP contribution in [-0.4, -0.2) is 55.2 Å². The average molecular weight is 529 g/mol. The summed E-state index contributed by atoms with van der Waals surface area (Å²) in [6.45, 7) is 11.2. The largest absolute Gasteiger partial charge is 0.379 e. The number of aliphatic imine (C=N–C) groups is 1. The molecule has 1 aliphatic rings. The molecule has 1 aromatic heterocycles. The SMILES string of the molecule is CCNC(=NCc1ccc(CN2CCOCC2)cc1)NCCc1ncc(C)s1.I. The van der Waals surface area contributed by atoms with Gasteiger partial charge in [0.2, 0.25) is 0 Å². The monoisotopic (exact) mass is 529 g/mol. The first-order valence-corrected chi connectivity index (χ1v) is 10.9. The van der Waals surface area contributed by atoms with Gasteiger partial charge in [-0.1, -0.05) is 24.3 Å². The zero-order valence-electron chi connectivity index (χ0n) is 17.3. The Labute approximate surface area is 195 Å². The molecule has 8 heteroatoms. The molecule has 1 aromatic carbocycles. The van der Waals surface area contributed by atoms with Gasteiger partial charge >= 0.3 is 0 Å². The highest BCUT2D eigenvalue weighted by Crippen LogP contribution is 2.11. The van der Waals surface area contributed by atoms with Crippen LogP contribution in [0.1, 0.15) is 27.9 Å². The molecule has 2 heterocycles. The molecular weight excluding hydrogens is 497 g/mol. The van der Waals surface area contributed by atoms with Crippen LogP contribution in [0.5, 0.6) is 0 Å². The van der Waals surface area contributed by atoms with Crippen LogP contribution in [0.25, 0.3) is 0 Å². The molecular formula is C21H32IN5OS. The zero-order valence-corrected chi connectivity index (χ0v) is 20.5. The van der Waals surface area contributed by atoms with Crippen LogP contribution in [0.4, 0.5) is 0 Å². The van der Waals surface area contributed by atoms with Crippen molar-refractivity contribution in [1.82, 2.24) is 20.5 Å². The highest BCUT2D eigenvalue weighted by Gasteiger charge is 2.10. The summed E-state index contributed by atoms with van der Waals surface area (Å²) in [5.74, 6) is 0.855. The number of benzene rings is 1. The highest BCUT2D eigenvalue weighted by molar-refractivity contribution is 14.0. The van der Waals surface area contributed by atoms with Crippen molar-refractivity contribution >= 4 is 41.3 Å². The van der Waals surface area contributed by atoms with E-state index in [1.807, 2.05) is 6.20 Å². The van der Waals surface area contributed by atoms with Gasteiger partial charge in [0.05, 0.1) is 24.8 Å². The van der Waals surface area contributed by atoms with Gasteiger partial charge in [0.15, 0.2) is 5.96 Å². The molecule has 2 aromatic rings. The number of nitrogens with zero attached hydrogens (tertiary/aromatic N) is 3. The van der Waals surface area contributed by atoms with Crippen molar-refractivity contribution in [1.29, 1.82) is 0 Å². The van der Waals surface area contributed by atoms with Crippen molar-refractivity contribution in [3.8, 4) is 0 Å². The third kappa shape index (κ3) is 8.57. The lowest BCUT2D eigenvalue weighted by Gasteiger charge is -2.26. The fourth-order valence-corrected chi connectivity index (χ4v) is 3.87. The molecule has 1 saturated heterocycles. The zero-order chi connectivity index (χ0) is 19.6. The topological polar surface area (TPSA) is 61.8 Å². The quantitative estimate of drug-likeness (QED) is 0.313. The van der Waals surface area contributed by atoms with Gasteiger partial charge in [-0.15, -0.1) is 35.3 Å². The molecule has 0 spiro atoms. The Hall–Kier alpha value is -1.23. The van der Waals surface area contributed by atoms with Gasteiger partial charge < -0.3 is 15.4 Å². The molecule has 1 aliphatic heterocycles. The van der Waals surface area contributed by atoms with Crippen molar-refractivity contribution in [3.63, 3.8) is 0 Å². The second-order valence-electron chi connectivity index (χ2n) is 6.94. The van der Waals surface area contributed by atoms with Gasteiger partial charge in [0.1, 0.15) is 0 Å². The molecule has 2 N–H and O–H groups in total. The number of aromatic nitrogens is 1. The molecule has 0 aliphatic carbocycles. The van der Waals surface area contributed by atoms with Crippen LogP contribution >= 0.6 is 35.3 Å².